The van der Waals surface area contributed by atoms with Gasteiger partial charge in [-0.15, -0.1) is 0 Å². The Morgan fingerprint density at radius 1 is 0.930 bits per heavy atom. The SMILES string of the molecule is COc1ccc(C[C@H](NC(=O)[C@@H](C)NC(=O)N2CCC[C@@H](OC)C2)C(=O)N[C@@H](Cc2ccccc2)C(=O)[C@@]2(C)CO2)cc1. The quantitative estimate of drug-likeness (QED) is 0.302. The molecule has 4 amide bonds. The lowest BCUT2D eigenvalue weighted by molar-refractivity contribution is -0.133. The number of urea groups is 1. The van der Waals surface area contributed by atoms with Gasteiger partial charge in [0.15, 0.2) is 5.78 Å². The Bertz CT molecular complexity index is 1270. The Morgan fingerprint density at radius 3 is 2.19 bits per heavy atom. The van der Waals surface area contributed by atoms with Crippen LogP contribution in [0.1, 0.15) is 37.8 Å². The van der Waals surface area contributed by atoms with Gasteiger partial charge in [0, 0.05) is 26.6 Å². The van der Waals surface area contributed by atoms with Gasteiger partial charge >= 0.3 is 6.03 Å². The summed E-state index contributed by atoms with van der Waals surface area (Å²) in [5.74, 6) is -0.605. The number of hydrogen-bond acceptors (Lipinski definition) is 7. The Hall–Kier alpha value is -3.96. The number of nitrogens with zero attached hydrogens (tertiary/aromatic N) is 1. The van der Waals surface area contributed by atoms with Crippen molar-refractivity contribution in [2.24, 2.45) is 0 Å². The number of nitrogens with one attached hydrogen (secondary N) is 3. The number of rotatable bonds is 13. The lowest BCUT2D eigenvalue weighted by Gasteiger charge is -2.32. The van der Waals surface area contributed by atoms with Crippen LogP contribution in [-0.2, 0) is 36.7 Å². The first-order valence-corrected chi connectivity index (χ1v) is 14.7. The van der Waals surface area contributed by atoms with E-state index in [2.05, 4.69) is 16.0 Å². The van der Waals surface area contributed by atoms with E-state index in [1.807, 2.05) is 42.5 Å². The molecule has 0 radical (unpaired) electrons. The highest BCUT2D eigenvalue weighted by Gasteiger charge is 2.50. The van der Waals surface area contributed by atoms with Crippen molar-refractivity contribution in [1.29, 1.82) is 0 Å². The third-order valence-electron chi connectivity index (χ3n) is 7.98. The number of ether oxygens (including phenoxy) is 3. The number of carbonyl (C=O) groups is 4. The van der Waals surface area contributed by atoms with Crippen molar-refractivity contribution in [3.63, 3.8) is 0 Å². The number of amides is 4. The van der Waals surface area contributed by atoms with E-state index in [1.54, 1.807) is 45.1 Å². The fourth-order valence-corrected chi connectivity index (χ4v) is 5.11. The molecule has 3 N–H and O–H groups in total. The van der Waals surface area contributed by atoms with Crippen LogP contribution in [0.4, 0.5) is 4.79 Å². The zero-order chi connectivity index (χ0) is 31.0. The molecule has 11 nitrogen and oxygen atoms in total. The summed E-state index contributed by atoms with van der Waals surface area (Å²) in [5.41, 5.74) is 0.711. The van der Waals surface area contributed by atoms with Crippen LogP contribution in [-0.4, -0.2) is 92.3 Å². The summed E-state index contributed by atoms with van der Waals surface area (Å²) < 4.78 is 16.0. The summed E-state index contributed by atoms with van der Waals surface area (Å²) in [5, 5.41) is 8.42. The smallest absolute Gasteiger partial charge is 0.318 e. The predicted octanol–water partition coefficient (Wildman–Crippen LogP) is 2.02. The molecule has 11 heteroatoms. The first-order valence-electron chi connectivity index (χ1n) is 14.7. The molecule has 2 fully saturated rings. The minimum Gasteiger partial charge on any atom is -0.497 e. The van der Waals surface area contributed by atoms with Crippen molar-refractivity contribution in [3.8, 4) is 5.75 Å². The molecule has 2 aliphatic rings. The maximum atomic E-state index is 13.8. The molecule has 2 heterocycles. The fourth-order valence-electron chi connectivity index (χ4n) is 5.11. The van der Waals surface area contributed by atoms with Crippen LogP contribution < -0.4 is 20.7 Å². The van der Waals surface area contributed by atoms with Gasteiger partial charge in [-0.2, -0.15) is 0 Å². The number of hydrogen-bond donors (Lipinski definition) is 3. The van der Waals surface area contributed by atoms with E-state index in [9.17, 15) is 19.2 Å². The van der Waals surface area contributed by atoms with Crippen LogP contribution in [0.25, 0.3) is 0 Å². The lowest BCUT2D eigenvalue weighted by atomic mass is 9.94. The minimum atomic E-state index is -1.02. The van der Waals surface area contributed by atoms with E-state index >= 15 is 0 Å². The number of epoxide rings is 1. The molecule has 0 unspecified atom stereocenters. The van der Waals surface area contributed by atoms with Gasteiger partial charge in [-0.25, -0.2) is 4.79 Å². The van der Waals surface area contributed by atoms with Crippen LogP contribution in [0, 0.1) is 0 Å². The van der Waals surface area contributed by atoms with Gasteiger partial charge in [0.2, 0.25) is 11.8 Å². The van der Waals surface area contributed by atoms with Gasteiger partial charge in [-0.05, 0) is 56.4 Å². The third kappa shape index (κ3) is 8.77. The normalized spacial score (nSPS) is 21.6. The van der Waals surface area contributed by atoms with Gasteiger partial charge in [-0.3, -0.25) is 14.4 Å². The van der Waals surface area contributed by atoms with Gasteiger partial charge in [0.1, 0.15) is 23.4 Å². The summed E-state index contributed by atoms with van der Waals surface area (Å²) in [4.78, 5) is 54.9. The number of likely N-dealkylation sites (tertiary alicyclic amines) is 1. The third-order valence-corrected chi connectivity index (χ3v) is 7.98. The number of piperidine rings is 1. The molecular formula is C32H42N4O7. The molecule has 2 aromatic rings. The first-order chi connectivity index (χ1) is 20.6. The molecule has 0 aliphatic carbocycles. The summed E-state index contributed by atoms with van der Waals surface area (Å²) in [6.07, 6.45) is 2.07. The molecule has 2 aromatic carbocycles. The molecule has 0 bridgehead atoms. The van der Waals surface area contributed by atoms with E-state index in [1.165, 1.54) is 0 Å². The van der Waals surface area contributed by atoms with E-state index in [0.717, 1.165) is 24.0 Å². The van der Waals surface area contributed by atoms with Gasteiger partial charge < -0.3 is 35.1 Å². The molecule has 43 heavy (non-hydrogen) atoms. The second kappa shape index (κ2) is 14.5. The second-order valence-corrected chi connectivity index (χ2v) is 11.4. The molecule has 232 valence electrons. The molecule has 2 aliphatic heterocycles. The van der Waals surface area contributed by atoms with Gasteiger partial charge in [0.05, 0.1) is 25.9 Å². The van der Waals surface area contributed by atoms with Crippen LogP contribution in [0.5, 0.6) is 5.75 Å². The molecule has 4 rings (SSSR count). The lowest BCUT2D eigenvalue weighted by Crippen LogP contribution is -2.58. The van der Waals surface area contributed by atoms with E-state index in [-0.39, 0.29) is 30.8 Å². The van der Waals surface area contributed by atoms with Crippen molar-refractivity contribution in [3.05, 3.63) is 65.7 Å². The van der Waals surface area contributed by atoms with Crippen LogP contribution >= 0.6 is 0 Å². The van der Waals surface area contributed by atoms with E-state index < -0.39 is 35.5 Å². The molecule has 5 atom stereocenters. The Labute approximate surface area is 252 Å². The standard InChI is InChI=1S/C32H42N4O7/c1-21(33-31(40)36-16-8-11-25(19-36)42-4)29(38)35-27(18-23-12-14-24(41-3)15-13-23)30(39)34-26(28(37)32(2)20-43-32)17-22-9-6-5-7-10-22/h5-7,9-10,12-15,21,25-27H,8,11,16-20H2,1-4H3,(H,33,40)(H,34,39)(H,35,38)/t21-,25-,26+,27+,32-/m1/s1. The summed E-state index contributed by atoms with van der Waals surface area (Å²) in [6, 6.07) is 13.4. The Kier molecular flexibility index (Phi) is 10.8. The number of benzene rings is 2. The predicted molar refractivity (Wildman–Crippen MR) is 160 cm³/mol. The van der Waals surface area contributed by atoms with Crippen molar-refractivity contribution in [2.75, 3.05) is 33.9 Å². The monoisotopic (exact) mass is 594 g/mol. The second-order valence-electron chi connectivity index (χ2n) is 11.4. The van der Waals surface area contributed by atoms with Gasteiger partial charge in [0.25, 0.3) is 0 Å². The number of methoxy groups -OCH3 is 2. The molecule has 2 saturated heterocycles. The highest BCUT2D eigenvalue weighted by molar-refractivity contribution is 5.98. The number of carbonyl (C=O) groups excluding carboxylic acids is 4. The maximum absolute atomic E-state index is 13.8. The van der Waals surface area contributed by atoms with Crippen LogP contribution in [0.15, 0.2) is 54.6 Å². The highest BCUT2D eigenvalue weighted by atomic mass is 16.6. The van der Waals surface area contributed by atoms with Crippen LogP contribution in [0.2, 0.25) is 0 Å². The van der Waals surface area contributed by atoms with Crippen molar-refractivity contribution in [1.82, 2.24) is 20.9 Å². The van der Waals surface area contributed by atoms with Gasteiger partial charge in [-0.1, -0.05) is 42.5 Å². The summed E-state index contributed by atoms with van der Waals surface area (Å²) >= 11 is 0. The zero-order valence-corrected chi connectivity index (χ0v) is 25.3. The van der Waals surface area contributed by atoms with E-state index in [0.29, 0.717) is 25.4 Å². The average Bonchev–Trinajstić information content (AvgIpc) is 3.78. The maximum Gasteiger partial charge on any atom is 0.318 e. The Morgan fingerprint density at radius 2 is 1.56 bits per heavy atom. The van der Waals surface area contributed by atoms with Crippen LogP contribution in [0.3, 0.4) is 0 Å². The largest absolute Gasteiger partial charge is 0.497 e. The first kappa shape index (κ1) is 32.0. The molecule has 0 spiro atoms. The summed E-state index contributed by atoms with van der Waals surface area (Å²) in [7, 11) is 3.18. The minimum absolute atomic E-state index is 0.0453. The topological polar surface area (TPSA) is 139 Å². The number of ketones is 1. The van der Waals surface area contributed by atoms with Crippen molar-refractivity contribution < 1.29 is 33.4 Å². The highest BCUT2D eigenvalue weighted by Crippen LogP contribution is 2.29. The van der Waals surface area contributed by atoms with Crippen molar-refractivity contribution in [2.45, 2.75) is 69.4 Å². The van der Waals surface area contributed by atoms with E-state index in [4.69, 9.17) is 14.2 Å². The Balaban J connectivity index is 1.48. The molecule has 0 aromatic heterocycles. The fraction of sp³-hybridized carbons (Fsp3) is 0.500. The molecule has 0 saturated carbocycles. The number of Topliss-reactive ketones (excluding diaryl/α,β-unsaturated/α-hetero) is 1. The average molecular weight is 595 g/mol. The van der Waals surface area contributed by atoms with Crippen molar-refractivity contribution >= 4 is 23.6 Å². The molecular weight excluding hydrogens is 552 g/mol. The summed E-state index contributed by atoms with van der Waals surface area (Å²) in [6.45, 7) is 4.58. The zero-order valence-electron chi connectivity index (χ0n) is 25.3.